The third-order valence-corrected chi connectivity index (χ3v) is 7.63. The molecule has 0 unspecified atom stereocenters. The van der Waals surface area contributed by atoms with Crippen molar-refractivity contribution in [2.45, 2.75) is 117 Å². The summed E-state index contributed by atoms with van der Waals surface area (Å²) in [5.41, 5.74) is 2.52. The standard InChI is InChI=1S/C31H48N2O/c1-3-5-7-8-9-10-11-23-34-30-24-32-31(33-25-30)29-21-19-28(20-22-29)18-17-27-15-13-26(14-16-27)12-6-4-2/h19-22,24-27H,3-18,23H2,1-2H3. The average molecular weight is 465 g/mol. The van der Waals surface area contributed by atoms with E-state index >= 15 is 0 Å². The Hall–Kier alpha value is -1.90. The molecular weight excluding hydrogens is 416 g/mol. The molecule has 0 radical (unpaired) electrons. The number of hydrogen-bond donors (Lipinski definition) is 0. The Kier molecular flexibility index (Phi) is 12.5. The zero-order valence-corrected chi connectivity index (χ0v) is 21.9. The fourth-order valence-electron chi connectivity index (χ4n) is 5.28. The van der Waals surface area contributed by atoms with Crippen LogP contribution in [0.3, 0.4) is 0 Å². The van der Waals surface area contributed by atoms with Crippen LogP contribution < -0.4 is 4.74 Å². The zero-order valence-electron chi connectivity index (χ0n) is 21.9. The van der Waals surface area contributed by atoms with Gasteiger partial charge in [-0.15, -0.1) is 0 Å². The molecule has 34 heavy (non-hydrogen) atoms. The minimum atomic E-state index is 0.756. The summed E-state index contributed by atoms with van der Waals surface area (Å²) in [5.74, 6) is 3.48. The maximum absolute atomic E-state index is 5.83. The fourth-order valence-corrected chi connectivity index (χ4v) is 5.28. The SMILES string of the molecule is CCCCCCCCCOc1cnc(-c2ccc(CCC3CCC(CCCC)CC3)cc2)nc1. The molecule has 1 aromatic heterocycles. The van der Waals surface area contributed by atoms with E-state index in [1.165, 1.54) is 102 Å². The molecule has 1 aliphatic carbocycles. The minimum Gasteiger partial charge on any atom is -0.490 e. The van der Waals surface area contributed by atoms with Crippen LogP contribution in [0.5, 0.6) is 5.75 Å². The molecule has 1 saturated carbocycles. The molecule has 188 valence electrons. The molecule has 0 bridgehead atoms. The molecule has 3 nitrogen and oxygen atoms in total. The predicted octanol–water partition coefficient (Wildman–Crippen LogP) is 9.20. The molecular formula is C31H48N2O. The third kappa shape index (κ3) is 9.76. The van der Waals surface area contributed by atoms with Gasteiger partial charge in [-0.05, 0) is 36.7 Å². The van der Waals surface area contributed by atoms with Crippen molar-refractivity contribution in [3.63, 3.8) is 0 Å². The number of benzene rings is 1. The van der Waals surface area contributed by atoms with Crippen molar-refractivity contribution < 1.29 is 4.74 Å². The summed E-state index contributed by atoms with van der Waals surface area (Å²) in [6.45, 7) is 5.33. The van der Waals surface area contributed by atoms with Gasteiger partial charge in [-0.25, -0.2) is 9.97 Å². The molecule has 0 saturated heterocycles. The molecule has 0 N–H and O–H groups in total. The molecule has 1 heterocycles. The Labute approximate surface area is 209 Å². The molecule has 1 fully saturated rings. The minimum absolute atomic E-state index is 0.756. The Morgan fingerprint density at radius 2 is 1.29 bits per heavy atom. The van der Waals surface area contributed by atoms with Crippen molar-refractivity contribution in [1.29, 1.82) is 0 Å². The van der Waals surface area contributed by atoms with Crippen LogP contribution in [0.25, 0.3) is 11.4 Å². The summed E-state index contributed by atoms with van der Waals surface area (Å²) in [6, 6.07) is 8.86. The van der Waals surface area contributed by atoms with E-state index < -0.39 is 0 Å². The number of ether oxygens (including phenoxy) is 1. The van der Waals surface area contributed by atoms with E-state index in [9.17, 15) is 0 Å². The Bertz CT molecular complexity index is 763. The van der Waals surface area contributed by atoms with Crippen LogP contribution in [-0.4, -0.2) is 16.6 Å². The summed E-state index contributed by atoms with van der Waals surface area (Å²) >= 11 is 0. The Morgan fingerprint density at radius 1 is 0.706 bits per heavy atom. The first kappa shape index (κ1) is 26.7. The second-order valence-corrected chi connectivity index (χ2v) is 10.5. The van der Waals surface area contributed by atoms with Gasteiger partial charge >= 0.3 is 0 Å². The van der Waals surface area contributed by atoms with Crippen LogP contribution in [0.1, 0.15) is 116 Å². The molecule has 1 aliphatic rings. The molecule has 3 heteroatoms. The van der Waals surface area contributed by atoms with Crippen LogP contribution in [0.2, 0.25) is 0 Å². The lowest BCUT2D eigenvalue weighted by molar-refractivity contribution is 0.250. The number of nitrogens with zero attached hydrogens (tertiary/aromatic N) is 2. The fraction of sp³-hybridized carbons (Fsp3) is 0.677. The van der Waals surface area contributed by atoms with Gasteiger partial charge in [0.1, 0.15) is 0 Å². The Morgan fingerprint density at radius 3 is 1.94 bits per heavy atom. The van der Waals surface area contributed by atoms with E-state index in [1.54, 1.807) is 0 Å². The largest absolute Gasteiger partial charge is 0.490 e. The lowest BCUT2D eigenvalue weighted by Crippen LogP contribution is -2.15. The van der Waals surface area contributed by atoms with E-state index in [-0.39, 0.29) is 0 Å². The van der Waals surface area contributed by atoms with Gasteiger partial charge in [0, 0.05) is 5.56 Å². The van der Waals surface area contributed by atoms with Gasteiger partial charge in [0.2, 0.25) is 0 Å². The molecule has 3 rings (SSSR count). The summed E-state index contributed by atoms with van der Waals surface area (Å²) in [5, 5.41) is 0. The van der Waals surface area contributed by atoms with Crippen LogP contribution >= 0.6 is 0 Å². The highest BCUT2D eigenvalue weighted by atomic mass is 16.5. The summed E-state index contributed by atoms with van der Waals surface area (Å²) in [6.07, 6.45) is 25.2. The normalized spacial score (nSPS) is 18.2. The lowest BCUT2D eigenvalue weighted by atomic mass is 9.78. The topological polar surface area (TPSA) is 35.0 Å². The first-order chi connectivity index (χ1) is 16.8. The van der Waals surface area contributed by atoms with Crippen molar-refractivity contribution in [2.75, 3.05) is 6.61 Å². The van der Waals surface area contributed by atoms with Gasteiger partial charge in [0.25, 0.3) is 0 Å². The predicted molar refractivity (Wildman–Crippen MR) is 144 cm³/mol. The van der Waals surface area contributed by atoms with Crippen molar-refractivity contribution in [1.82, 2.24) is 9.97 Å². The van der Waals surface area contributed by atoms with Gasteiger partial charge in [0.05, 0.1) is 19.0 Å². The van der Waals surface area contributed by atoms with E-state index in [1.807, 2.05) is 12.4 Å². The van der Waals surface area contributed by atoms with Gasteiger partial charge < -0.3 is 4.74 Å². The molecule has 2 aromatic rings. The summed E-state index contributed by atoms with van der Waals surface area (Å²) in [7, 11) is 0. The maximum Gasteiger partial charge on any atom is 0.159 e. The Balaban J connectivity index is 1.33. The molecule has 1 aromatic carbocycles. The summed E-state index contributed by atoms with van der Waals surface area (Å²) < 4.78 is 5.83. The second-order valence-electron chi connectivity index (χ2n) is 10.5. The summed E-state index contributed by atoms with van der Waals surface area (Å²) in [4.78, 5) is 9.08. The highest BCUT2D eigenvalue weighted by Crippen LogP contribution is 2.34. The number of aromatic nitrogens is 2. The third-order valence-electron chi connectivity index (χ3n) is 7.63. The van der Waals surface area contributed by atoms with Crippen molar-refractivity contribution >= 4 is 0 Å². The maximum atomic E-state index is 5.83. The lowest BCUT2D eigenvalue weighted by Gasteiger charge is -2.28. The van der Waals surface area contributed by atoms with Gasteiger partial charge in [-0.2, -0.15) is 0 Å². The van der Waals surface area contributed by atoms with Crippen LogP contribution in [-0.2, 0) is 6.42 Å². The first-order valence-electron chi connectivity index (χ1n) is 14.3. The van der Waals surface area contributed by atoms with E-state index in [0.29, 0.717) is 0 Å². The van der Waals surface area contributed by atoms with Crippen LogP contribution in [0.15, 0.2) is 36.7 Å². The molecule has 0 atom stereocenters. The van der Waals surface area contributed by atoms with Crippen LogP contribution in [0, 0.1) is 11.8 Å². The number of unbranched alkanes of at least 4 members (excludes halogenated alkanes) is 7. The van der Waals surface area contributed by atoms with Gasteiger partial charge in [0.15, 0.2) is 11.6 Å². The number of hydrogen-bond acceptors (Lipinski definition) is 3. The van der Waals surface area contributed by atoms with Crippen LogP contribution in [0.4, 0.5) is 0 Å². The van der Waals surface area contributed by atoms with Crippen molar-refractivity contribution in [3.8, 4) is 17.1 Å². The molecule has 0 amide bonds. The monoisotopic (exact) mass is 464 g/mol. The van der Waals surface area contributed by atoms with Gasteiger partial charge in [-0.3, -0.25) is 0 Å². The number of aryl methyl sites for hydroxylation is 1. The average Bonchev–Trinajstić information content (AvgIpc) is 2.89. The first-order valence-corrected chi connectivity index (χ1v) is 14.3. The van der Waals surface area contributed by atoms with Gasteiger partial charge in [-0.1, -0.05) is 122 Å². The number of rotatable bonds is 16. The smallest absolute Gasteiger partial charge is 0.159 e. The molecule has 0 aliphatic heterocycles. The van der Waals surface area contributed by atoms with Crippen molar-refractivity contribution in [2.24, 2.45) is 11.8 Å². The van der Waals surface area contributed by atoms with Crippen molar-refractivity contribution in [3.05, 3.63) is 42.2 Å². The highest BCUT2D eigenvalue weighted by Gasteiger charge is 2.20. The van der Waals surface area contributed by atoms with E-state index in [4.69, 9.17) is 4.74 Å². The quantitative estimate of drug-likeness (QED) is 0.232. The highest BCUT2D eigenvalue weighted by molar-refractivity contribution is 5.55. The second kappa shape index (κ2) is 15.9. The zero-order chi connectivity index (χ0) is 23.8. The van der Waals surface area contributed by atoms with E-state index in [0.717, 1.165) is 42.0 Å². The molecule has 0 spiro atoms. The van der Waals surface area contributed by atoms with E-state index in [2.05, 4.69) is 48.1 Å².